The van der Waals surface area contributed by atoms with E-state index in [0.717, 1.165) is 0 Å². The Bertz CT molecular complexity index is 474. The zero-order valence-electron chi connectivity index (χ0n) is 12.2. The Kier molecular flexibility index (Phi) is 5.83. The highest BCUT2D eigenvalue weighted by atomic mass is 16.5. The Morgan fingerprint density at radius 1 is 1.15 bits per heavy atom. The van der Waals surface area contributed by atoms with Crippen molar-refractivity contribution in [2.24, 2.45) is 0 Å². The number of para-hydroxylation sites is 2. The summed E-state index contributed by atoms with van der Waals surface area (Å²) in [6, 6.07) is 6.17. The van der Waals surface area contributed by atoms with Gasteiger partial charge in [0.2, 0.25) is 5.91 Å². The maximum absolute atomic E-state index is 11.9. The summed E-state index contributed by atoms with van der Waals surface area (Å²) < 4.78 is 5.19. The Balaban J connectivity index is 2.59. The summed E-state index contributed by atoms with van der Waals surface area (Å²) in [5, 5.41) is 7.87. The molecule has 0 heterocycles. The van der Waals surface area contributed by atoms with Crippen LogP contribution < -0.4 is 20.7 Å². The second-order valence-electron chi connectivity index (χ2n) is 4.68. The minimum absolute atomic E-state index is 0.0275. The van der Waals surface area contributed by atoms with Crippen molar-refractivity contribution in [1.29, 1.82) is 0 Å². The van der Waals surface area contributed by atoms with Crippen LogP contribution in [0.25, 0.3) is 0 Å². The van der Waals surface area contributed by atoms with Crippen LogP contribution in [0.1, 0.15) is 20.8 Å². The van der Waals surface area contributed by atoms with E-state index in [2.05, 4.69) is 16.0 Å². The standard InChI is InChI=1S/C14H21N3O3/c1-9(2)15-14(19)17-13(18)10(3)16-11-7-5-6-8-12(11)20-4/h5-10,16H,1-4H3,(H2,15,17,18,19). The Morgan fingerprint density at radius 3 is 2.40 bits per heavy atom. The van der Waals surface area contributed by atoms with E-state index >= 15 is 0 Å². The SMILES string of the molecule is COc1ccccc1NC(C)C(=O)NC(=O)NC(C)C. The first-order valence-corrected chi connectivity index (χ1v) is 6.45. The van der Waals surface area contributed by atoms with Crippen LogP contribution in [0, 0.1) is 0 Å². The average Bonchev–Trinajstić information content (AvgIpc) is 2.38. The van der Waals surface area contributed by atoms with E-state index < -0.39 is 18.0 Å². The van der Waals surface area contributed by atoms with Gasteiger partial charge in [0.1, 0.15) is 11.8 Å². The molecule has 20 heavy (non-hydrogen) atoms. The second kappa shape index (κ2) is 7.37. The third kappa shape index (κ3) is 4.79. The van der Waals surface area contributed by atoms with Gasteiger partial charge in [-0.05, 0) is 32.9 Å². The van der Waals surface area contributed by atoms with Gasteiger partial charge in [0.25, 0.3) is 0 Å². The Hall–Kier alpha value is -2.24. The van der Waals surface area contributed by atoms with Crippen molar-refractivity contribution >= 4 is 17.6 Å². The number of amides is 3. The first-order valence-electron chi connectivity index (χ1n) is 6.45. The molecule has 6 nitrogen and oxygen atoms in total. The molecular weight excluding hydrogens is 258 g/mol. The van der Waals surface area contributed by atoms with Gasteiger partial charge in [-0.15, -0.1) is 0 Å². The summed E-state index contributed by atoms with van der Waals surface area (Å²) in [6.07, 6.45) is 0. The topological polar surface area (TPSA) is 79.5 Å². The molecule has 0 aliphatic heterocycles. The average molecular weight is 279 g/mol. The quantitative estimate of drug-likeness (QED) is 0.767. The van der Waals surface area contributed by atoms with E-state index in [-0.39, 0.29) is 6.04 Å². The zero-order chi connectivity index (χ0) is 15.1. The zero-order valence-corrected chi connectivity index (χ0v) is 12.2. The number of anilines is 1. The maximum Gasteiger partial charge on any atom is 0.321 e. The van der Waals surface area contributed by atoms with Crippen molar-refractivity contribution in [2.45, 2.75) is 32.9 Å². The summed E-state index contributed by atoms with van der Waals surface area (Å²) >= 11 is 0. The first-order chi connectivity index (χ1) is 9.43. The number of benzene rings is 1. The van der Waals surface area contributed by atoms with E-state index in [1.54, 1.807) is 26.2 Å². The molecule has 0 bridgehead atoms. The van der Waals surface area contributed by atoms with Gasteiger partial charge in [0.05, 0.1) is 12.8 Å². The highest BCUT2D eigenvalue weighted by Crippen LogP contribution is 2.23. The molecule has 1 unspecified atom stereocenters. The highest BCUT2D eigenvalue weighted by Gasteiger charge is 2.17. The summed E-state index contributed by atoms with van der Waals surface area (Å²) in [7, 11) is 1.56. The number of hydrogen-bond donors (Lipinski definition) is 3. The molecule has 0 spiro atoms. The number of carbonyl (C=O) groups excluding carboxylic acids is 2. The van der Waals surface area contributed by atoms with Crippen LogP contribution in [0.2, 0.25) is 0 Å². The molecule has 3 amide bonds. The maximum atomic E-state index is 11.9. The molecule has 1 atom stereocenters. The van der Waals surface area contributed by atoms with Crippen LogP contribution in [0.3, 0.4) is 0 Å². The lowest BCUT2D eigenvalue weighted by molar-refractivity contribution is -0.120. The minimum atomic E-state index is -0.566. The lowest BCUT2D eigenvalue weighted by atomic mass is 10.2. The van der Waals surface area contributed by atoms with E-state index in [0.29, 0.717) is 11.4 Å². The molecule has 0 aliphatic carbocycles. The number of ether oxygens (including phenoxy) is 1. The van der Waals surface area contributed by atoms with Crippen LogP contribution in [0.15, 0.2) is 24.3 Å². The number of hydrogen-bond acceptors (Lipinski definition) is 4. The Morgan fingerprint density at radius 2 is 1.80 bits per heavy atom. The number of imide groups is 1. The fourth-order valence-corrected chi connectivity index (χ4v) is 1.58. The third-order valence-corrected chi connectivity index (χ3v) is 2.53. The fraction of sp³-hybridized carbons (Fsp3) is 0.429. The molecule has 0 saturated heterocycles. The van der Waals surface area contributed by atoms with Crippen LogP contribution in [-0.4, -0.2) is 31.1 Å². The fourth-order valence-electron chi connectivity index (χ4n) is 1.58. The smallest absolute Gasteiger partial charge is 0.321 e. The van der Waals surface area contributed by atoms with Crippen LogP contribution in [0.4, 0.5) is 10.5 Å². The lowest BCUT2D eigenvalue weighted by Gasteiger charge is -2.17. The van der Waals surface area contributed by atoms with Crippen molar-refractivity contribution in [1.82, 2.24) is 10.6 Å². The van der Waals surface area contributed by atoms with Crippen LogP contribution in [0.5, 0.6) is 5.75 Å². The number of nitrogens with one attached hydrogen (secondary N) is 3. The molecule has 1 rings (SSSR count). The van der Waals surface area contributed by atoms with Gasteiger partial charge in [0.15, 0.2) is 0 Å². The lowest BCUT2D eigenvalue weighted by Crippen LogP contribution is -2.47. The molecule has 1 aromatic carbocycles. The normalized spacial score (nSPS) is 11.7. The van der Waals surface area contributed by atoms with E-state index in [1.165, 1.54) is 0 Å². The van der Waals surface area contributed by atoms with Gasteiger partial charge in [-0.25, -0.2) is 4.79 Å². The summed E-state index contributed by atoms with van der Waals surface area (Å²) in [4.78, 5) is 23.3. The number of rotatable bonds is 5. The van der Waals surface area contributed by atoms with Gasteiger partial charge in [-0.2, -0.15) is 0 Å². The molecule has 0 aliphatic rings. The third-order valence-electron chi connectivity index (χ3n) is 2.53. The van der Waals surface area contributed by atoms with Crippen LogP contribution >= 0.6 is 0 Å². The molecule has 0 aromatic heterocycles. The monoisotopic (exact) mass is 279 g/mol. The van der Waals surface area contributed by atoms with Crippen molar-refractivity contribution < 1.29 is 14.3 Å². The molecule has 0 saturated carbocycles. The minimum Gasteiger partial charge on any atom is -0.495 e. The molecule has 3 N–H and O–H groups in total. The van der Waals surface area contributed by atoms with Crippen molar-refractivity contribution in [3.05, 3.63) is 24.3 Å². The molecular formula is C14H21N3O3. The number of carbonyl (C=O) groups is 2. The van der Waals surface area contributed by atoms with Crippen molar-refractivity contribution in [3.63, 3.8) is 0 Å². The van der Waals surface area contributed by atoms with Gasteiger partial charge >= 0.3 is 6.03 Å². The number of methoxy groups -OCH3 is 1. The van der Waals surface area contributed by atoms with E-state index in [4.69, 9.17) is 4.74 Å². The van der Waals surface area contributed by atoms with Crippen molar-refractivity contribution in [2.75, 3.05) is 12.4 Å². The largest absolute Gasteiger partial charge is 0.495 e. The summed E-state index contributed by atoms with van der Waals surface area (Å²) in [5.74, 6) is 0.229. The van der Waals surface area contributed by atoms with Gasteiger partial charge in [-0.1, -0.05) is 12.1 Å². The summed E-state index contributed by atoms with van der Waals surface area (Å²) in [6.45, 7) is 5.31. The van der Waals surface area contributed by atoms with Gasteiger partial charge < -0.3 is 15.4 Å². The molecule has 110 valence electrons. The van der Waals surface area contributed by atoms with Crippen LogP contribution in [-0.2, 0) is 4.79 Å². The second-order valence-corrected chi connectivity index (χ2v) is 4.68. The van der Waals surface area contributed by atoms with E-state index in [1.807, 2.05) is 26.0 Å². The number of urea groups is 1. The Labute approximate surface area is 118 Å². The van der Waals surface area contributed by atoms with Crippen molar-refractivity contribution in [3.8, 4) is 5.75 Å². The van der Waals surface area contributed by atoms with Gasteiger partial charge in [0, 0.05) is 6.04 Å². The van der Waals surface area contributed by atoms with Gasteiger partial charge in [-0.3, -0.25) is 10.1 Å². The predicted octanol–water partition coefficient (Wildman–Crippen LogP) is 1.73. The predicted molar refractivity (Wildman–Crippen MR) is 77.9 cm³/mol. The van der Waals surface area contributed by atoms with E-state index in [9.17, 15) is 9.59 Å². The molecule has 0 fully saturated rings. The molecule has 6 heteroatoms. The first kappa shape index (κ1) is 15.8. The summed E-state index contributed by atoms with van der Waals surface area (Å²) in [5.41, 5.74) is 0.696. The molecule has 0 radical (unpaired) electrons. The molecule has 1 aromatic rings. The highest BCUT2D eigenvalue weighted by molar-refractivity contribution is 5.98.